The van der Waals surface area contributed by atoms with Gasteiger partial charge in [0.25, 0.3) is 0 Å². The van der Waals surface area contributed by atoms with Crippen LogP contribution < -0.4 is 4.90 Å². The van der Waals surface area contributed by atoms with Crippen LogP contribution in [0.1, 0.15) is 34.1 Å². The summed E-state index contributed by atoms with van der Waals surface area (Å²) in [5.74, 6) is 0.439. The van der Waals surface area contributed by atoms with Gasteiger partial charge in [0, 0.05) is 56.7 Å². The molecule has 0 radical (unpaired) electrons. The highest BCUT2D eigenvalue weighted by Gasteiger charge is 2.32. The smallest absolute Gasteiger partial charge is 0.243 e. The number of sulfonamides is 1. The second-order valence-corrected chi connectivity index (χ2v) is 12.2. The monoisotopic (exact) mass is 545 g/mol. The third kappa shape index (κ3) is 4.96. The molecule has 4 heterocycles. The SMILES string of the molecule is Cc1ccc(C(O)c2cc3c(cn2)CN(S(=O)(=O)c2ccc(-c4ncco4)cc2)C3)cc1N1CCN(C)CC1. The Labute approximate surface area is 228 Å². The first-order chi connectivity index (χ1) is 18.8. The molecule has 1 unspecified atom stereocenters. The van der Waals surface area contributed by atoms with Gasteiger partial charge in [0.15, 0.2) is 0 Å². The molecule has 0 aliphatic carbocycles. The minimum Gasteiger partial charge on any atom is -0.445 e. The summed E-state index contributed by atoms with van der Waals surface area (Å²) < 4.78 is 33.5. The summed E-state index contributed by atoms with van der Waals surface area (Å²) in [6.45, 7) is 6.45. The van der Waals surface area contributed by atoms with Gasteiger partial charge < -0.3 is 19.3 Å². The van der Waals surface area contributed by atoms with Crippen LogP contribution in [0.5, 0.6) is 0 Å². The zero-order chi connectivity index (χ0) is 27.1. The largest absolute Gasteiger partial charge is 0.445 e. The Hall–Kier alpha value is -3.57. The molecule has 39 heavy (non-hydrogen) atoms. The fourth-order valence-corrected chi connectivity index (χ4v) is 6.62. The van der Waals surface area contributed by atoms with Crippen LogP contribution in [0, 0.1) is 6.92 Å². The highest BCUT2D eigenvalue weighted by atomic mass is 32.2. The number of nitrogens with zero attached hydrogens (tertiary/aromatic N) is 5. The van der Waals surface area contributed by atoms with Crippen LogP contribution in [0.2, 0.25) is 0 Å². The number of anilines is 1. The van der Waals surface area contributed by atoms with Crippen LogP contribution in [0.4, 0.5) is 5.69 Å². The normalized spacial score (nSPS) is 17.4. The summed E-state index contributed by atoms with van der Waals surface area (Å²) in [7, 11) is -1.59. The molecule has 6 rings (SSSR count). The molecule has 2 aliphatic heterocycles. The van der Waals surface area contributed by atoms with Crippen molar-refractivity contribution in [2.45, 2.75) is 31.0 Å². The number of aliphatic hydroxyl groups excluding tert-OH is 1. The summed E-state index contributed by atoms with van der Waals surface area (Å²) in [4.78, 5) is 13.5. The number of rotatable bonds is 6. The zero-order valence-corrected chi connectivity index (χ0v) is 22.8. The molecule has 10 heteroatoms. The summed E-state index contributed by atoms with van der Waals surface area (Å²) in [6.07, 6.45) is 3.80. The minimum atomic E-state index is -3.72. The Balaban J connectivity index is 1.20. The van der Waals surface area contributed by atoms with Gasteiger partial charge >= 0.3 is 0 Å². The first-order valence-corrected chi connectivity index (χ1v) is 14.4. The van der Waals surface area contributed by atoms with Crippen molar-refractivity contribution in [2.75, 3.05) is 38.1 Å². The molecule has 1 atom stereocenters. The van der Waals surface area contributed by atoms with E-state index < -0.39 is 16.1 Å². The number of piperazine rings is 1. The lowest BCUT2D eigenvalue weighted by molar-refractivity contribution is 0.215. The number of likely N-dealkylation sites (N-methyl/N-ethyl adjacent to an activating group) is 1. The highest BCUT2D eigenvalue weighted by Crippen LogP contribution is 2.33. The quantitative estimate of drug-likeness (QED) is 0.392. The number of aryl methyl sites for hydroxylation is 1. The van der Waals surface area contributed by atoms with E-state index >= 15 is 0 Å². The highest BCUT2D eigenvalue weighted by molar-refractivity contribution is 7.89. The molecule has 0 saturated carbocycles. The van der Waals surface area contributed by atoms with Crippen molar-refractivity contribution in [3.05, 3.63) is 95.1 Å². The number of aliphatic hydroxyl groups is 1. The maximum absolute atomic E-state index is 13.4. The van der Waals surface area contributed by atoms with E-state index in [4.69, 9.17) is 4.42 Å². The summed E-state index contributed by atoms with van der Waals surface area (Å²) in [5, 5.41) is 11.3. The van der Waals surface area contributed by atoms with Crippen LogP contribution in [0.15, 0.2) is 76.5 Å². The molecule has 4 aromatic rings. The first-order valence-electron chi connectivity index (χ1n) is 13.0. The number of hydrogen-bond donors (Lipinski definition) is 1. The van der Waals surface area contributed by atoms with E-state index in [1.165, 1.54) is 16.1 Å². The Morgan fingerprint density at radius 1 is 0.949 bits per heavy atom. The van der Waals surface area contributed by atoms with Crippen LogP contribution in [0.3, 0.4) is 0 Å². The van der Waals surface area contributed by atoms with Gasteiger partial charge in [-0.25, -0.2) is 13.4 Å². The van der Waals surface area contributed by atoms with Gasteiger partial charge in [0.2, 0.25) is 15.9 Å². The van der Waals surface area contributed by atoms with Crippen molar-refractivity contribution in [3.63, 3.8) is 0 Å². The van der Waals surface area contributed by atoms with Crippen molar-refractivity contribution in [1.82, 2.24) is 19.2 Å². The molecule has 9 nitrogen and oxygen atoms in total. The first kappa shape index (κ1) is 25.7. The molecule has 1 N–H and O–H groups in total. The molecule has 202 valence electrons. The molecule has 0 amide bonds. The van der Waals surface area contributed by atoms with E-state index in [1.807, 2.05) is 18.2 Å². The second-order valence-electron chi connectivity index (χ2n) is 10.3. The van der Waals surface area contributed by atoms with Crippen molar-refractivity contribution >= 4 is 15.7 Å². The van der Waals surface area contributed by atoms with Gasteiger partial charge in [-0.1, -0.05) is 12.1 Å². The molecule has 1 fully saturated rings. The van der Waals surface area contributed by atoms with Crippen LogP contribution in [0.25, 0.3) is 11.5 Å². The van der Waals surface area contributed by atoms with E-state index in [-0.39, 0.29) is 18.0 Å². The van der Waals surface area contributed by atoms with E-state index in [9.17, 15) is 13.5 Å². The molecule has 0 bridgehead atoms. The minimum absolute atomic E-state index is 0.204. The lowest BCUT2D eigenvalue weighted by atomic mass is 10.0. The Morgan fingerprint density at radius 3 is 2.41 bits per heavy atom. The summed E-state index contributed by atoms with van der Waals surface area (Å²) >= 11 is 0. The number of fused-ring (bicyclic) bond motifs is 1. The van der Waals surface area contributed by atoms with Crippen LogP contribution >= 0.6 is 0 Å². The Kier molecular flexibility index (Phi) is 6.72. The Morgan fingerprint density at radius 2 is 1.69 bits per heavy atom. The molecular formula is C29H31N5O4S. The van der Waals surface area contributed by atoms with Gasteiger partial charge in [-0.05, 0) is 72.6 Å². The van der Waals surface area contributed by atoms with E-state index in [0.29, 0.717) is 17.1 Å². The van der Waals surface area contributed by atoms with Crippen molar-refractivity contribution in [3.8, 4) is 11.5 Å². The van der Waals surface area contributed by atoms with Crippen LogP contribution in [-0.2, 0) is 23.1 Å². The average molecular weight is 546 g/mol. The van der Waals surface area contributed by atoms with Crippen molar-refractivity contribution in [2.24, 2.45) is 0 Å². The van der Waals surface area contributed by atoms with E-state index in [0.717, 1.165) is 48.6 Å². The lowest BCUT2D eigenvalue weighted by Gasteiger charge is -2.35. The fraction of sp³-hybridized carbons (Fsp3) is 0.310. The predicted octanol–water partition coefficient (Wildman–Crippen LogP) is 3.58. The van der Waals surface area contributed by atoms with Gasteiger partial charge in [-0.3, -0.25) is 4.98 Å². The van der Waals surface area contributed by atoms with E-state index in [1.54, 1.807) is 36.7 Å². The topological polar surface area (TPSA) is 103 Å². The van der Waals surface area contributed by atoms with E-state index in [2.05, 4.69) is 39.8 Å². The molecule has 0 spiro atoms. The van der Waals surface area contributed by atoms with Gasteiger partial charge in [-0.2, -0.15) is 4.31 Å². The number of oxazole rings is 1. The second kappa shape index (κ2) is 10.2. The fourth-order valence-electron chi connectivity index (χ4n) is 5.23. The van der Waals surface area contributed by atoms with Crippen molar-refractivity contribution in [1.29, 1.82) is 0 Å². The number of benzene rings is 2. The summed E-state index contributed by atoms with van der Waals surface area (Å²) in [5.41, 5.74) is 5.99. The molecule has 2 aliphatic rings. The maximum atomic E-state index is 13.4. The molecule has 2 aromatic carbocycles. The average Bonchev–Trinajstić information content (AvgIpc) is 3.64. The standard InChI is InChI=1S/C29H31N5O4S/c1-20-3-4-22(16-27(20)33-12-10-32(2)11-13-33)28(35)26-15-23-18-34(19-24(23)17-31-26)39(36,37)25-7-5-21(6-8-25)29-30-9-14-38-29/h3-9,14-17,28,35H,10-13,18-19H2,1-2H3. The zero-order valence-electron chi connectivity index (χ0n) is 22.0. The van der Waals surface area contributed by atoms with Gasteiger partial charge in [-0.15, -0.1) is 0 Å². The number of pyridine rings is 1. The molecule has 2 aromatic heterocycles. The predicted molar refractivity (Wildman–Crippen MR) is 148 cm³/mol. The van der Waals surface area contributed by atoms with Crippen molar-refractivity contribution < 1.29 is 17.9 Å². The summed E-state index contributed by atoms with van der Waals surface area (Å²) in [6, 6.07) is 14.4. The lowest BCUT2D eigenvalue weighted by Crippen LogP contribution is -2.44. The number of hydrogen-bond acceptors (Lipinski definition) is 8. The van der Waals surface area contributed by atoms with Crippen LogP contribution in [-0.4, -0.2) is 65.9 Å². The third-order valence-corrected chi connectivity index (χ3v) is 9.45. The maximum Gasteiger partial charge on any atom is 0.243 e. The molecule has 1 saturated heterocycles. The number of aromatic nitrogens is 2. The molecular weight excluding hydrogens is 514 g/mol. The third-order valence-electron chi connectivity index (χ3n) is 7.64. The Bertz CT molecular complexity index is 1580. The van der Waals surface area contributed by atoms with Gasteiger partial charge in [0.05, 0.1) is 16.8 Å². The van der Waals surface area contributed by atoms with Gasteiger partial charge in [0.1, 0.15) is 12.4 Å².